The second-order valence-electron chi connectivity index (χ2n) is 6.74. The quantitative estimate of drug-likeness (QED) is 0.621. The molecule has 3 rings (SSSR count). The summed E-state index contributed by atoms with van der Waals surface area (Å²) in [5.74, 6) is -0.937. The molecule has 1 saturated carbocycles. The van der Waals surface area contributed by atoms with Gasteiger partial charge >= 0.3 is 5.97 Å². The summed E-state index contributed by atoms with van der Waals surface area (Å²) in [7, 11) is -3.72. The molecule has 27 heavy (non-hydrogen) atoms. The zero-order valence-electron chi connectivity index (χ0n) is 14.5. The van der Waals surface area contributed by atoms with Crippen LogP contribution in [-0.2, 0) is 10.0 Å². The van der Waals surface area contributed by atoms with Crippen molar-refractivity contribution in [2.75, 3.05) is 0 Å². The van der Waals surface area contributed by atoms with Crippen LogP contribution in [0.4, 0.5) is 0 Å². The van der Waals surface area contributed by atoms with Gasteiger partial charge in [0.25, 0.3) is 0 Å². The standard InChI is InChI=1S/C19H21NO6S/c21-15-7-10-17(18(22)11-15)12-1-5-14(6-2-12)20-27(25,26)16-8-3-13(4-9-16)19(23)24/h3-4,7-12,14,20-22H,1-2,5-6H2,(H,23,24)/t12-,14+. The molecule has 0 spiro atoms. The van der Waals surface area contributed by atoms with Gasteiger partial charge < -0.3 is 15.3 Å². The molecule has 0 aromatic heterocycles. The highest BCUT2D eigenvalue weighted by molar-refractivity contribution is 7.89. The van der Waals surface area contributed by atoms with Gasteiger partial charge in [0, 0.05) is 12.1 Å². The average Bonchev–Trinajstić information content (AvgIpc) is 2.62. The number of hydrogen-bond acceptors (Lipinski definition) is 5. The topological polar surface area (TPSA) is 124 Å². The molecule has 1 fully saturated rings. The fourth-order valence-corrected chi connectivity index (χ4v) is 4.77. The van der Waals surface area contributed by atoms with E-state index in [9.17, 15) is 23.4 Å². The summed E-state index contributed by atoms with van der Waals surface area (Å²) >= 11 is 0. The first-order valence-corrected chi connectivity index (χ1v) is 10.1. The van der Waals surface area contributed by atoms with Crippen LogP contribution >= 0.6 is 0 Å². The van der Waals surface area contributed by atoms with E-state index >= 15 is 0 Å². The predicted molar refractivity (Wildman–Crippen MR) is 98.5 cm³/mol. The van der Waals surface area contributed by atoms with Crippen LogP contribution in [0.5, 0.6) is 11.5 Å². The van der Waals surface area contributed by atoms with Crippen LogP contribution in [0.2, 0.25) is 0 Å². The van der Waals surface area contributed by atoms with Gasteiger partial charge in [-0.1, -0.05) is 6.07 Å². The molecule has 0 radical (unpaired) electrons. The Morgan fingerprint density at radius 3 is 2.15 bits per heavy atom. The average molecular weight is 391 g/mol. The van der Waals surface area contributed by atoms with E-state index in [0.717, 1.165) is 5.56 Å². The lowest BCUT2D eigenvalue weighted by Crippen LogP contribution is -2.37. The SMILES string of the molecule is O=C(O)c1ccc(S(=O)(=O)N[C@H]2CC[C@@H](c3ccc(O)cc3O)CC2)cc1. The van der Waals surface area contributed by atoms with E-state index < -0.39 is 16.0 Å². The molecule has 0 bridgehead atoms. The molecule has 1 aliphatic carbocycles. The molecule has 7 nitrogen and oxygen atoms in total. The summed E-state index contributed by atoms with van der Waals surface area (Å²) in [6.45, 7) is 0. The third-order valence-corrected chi connectivity index (χ3v) is 6.45. The molecular weight excluding hydrogens is 370 g/mol. The smallest absolute Gasteiger partial charge is 0.335 e. The minimum atomic E-state index is -3.72. The van der Waals surface area contributed by atoms with Crippen LogP contribution in [-0.4, -0.2) is 35.7 Å². The third kappa shape index (κ3) is 4.40. The molecule has 0 aliphatic heterocycles. The number of benzene rings is 2. The van der Waals surface area contributed by atoms with Gasteiger partial charge in [-0.05, 0) is 67.5 Å². The van der Waals surface area contributed by atoms with Gasteiger partial charge in [-0.25, -0.2) is 17.9 Å². The molecule has 0 amide bonds. The Labute approximate surface area is 157 Å². The highest BCUT2D eigenvalue weighted by Crippen LogP contribution is 2.38. The van der Waals surface area contributed by atoms with Crippen molar-refractivity contribution in [3.63, 3.8) is 0 Å². The van der Waals surface area contributed by atoms with Crippen LogP contribution in [0.3, 0.4) is 0 Å². The maximum absolute atomic E-state index is 12.5. The highest BCUT2D eigenvalue weighted by atomic mass is 32.2. The first kappa shape index (κ1) is 19.2. The van der Waals surface area contributed by atoms with Crippen molar-refractivity contribution < 1.29 is 28.5 Å². The molecule has 0 unspecified atom stereocenters. The van der Waals surface area contributed by atoms with Crippen LogP contribution in [0, 0.1) is 0 Å². The number of sulfonamides is 1. The molecule has 0 heterocycles. The van der Waals surface area contributed by atoms with Crippen molar-refractivity contribution in [3.8, 4) is 11.5 Å². The summed E-state index contributed by atoms with van der Waals surface area (Å²) in [4.78, 5) is 10.9. The largest absolute Gasteiger partial charge is 0.508 e. The van der Waals surface area contributed by atoms with E-state index in [1.807, 2.05) is 0 Å². The van der Waals surface area contributed by atoms with Crippen LogP contribution in [0.25, 0.3) is 0 Å². The normalized spacial score (nSPS) is 20.3. The van der Waals surface area contributed by atoms with Crippen molar-refractivity contribution >= 4 is 16.0 Å². The maximum Gasteiger partial charge on any atom is 0.335 e. The zero-order chi connectivity index (χ0) is 19.6. The van der Waals surface area contributed by atoms with Gasteiger partial charge in [0.1, 0.15) is 11.5 Å². The lowest BCUT2D eigenvalue weighted by Gasteiger charge is -2.29. The number of rotatable bonds is 5. The number of nitrogens with one attached hydrogen (secondary N) is 1. The summed E-state index contributed by atoms with van der Waals surface area (Å²) in [6.07, 6.45) is 2.67. The van der Waals surface area contributed by atoms with Crippen molar-refractivity contribution in [2.45, 2.75) is 42.5 Å². The van der Waals surface area contributed by atoms with Crippen molar-refractivity contribution in [1.82, 2.24) is 4.72 Å². The van der Waals surface area contributed by atoms with Gasteiger partial charge in [0.15, 0.2) is 0 Å². The molecular formula is C19H21NO6S. The molecule has 2 aromatic rings. The van der Waals surface area contributed by atoms with Gasteiger partial charge in [0.05, 0.1) is 10.5 Å². The van der Waals surface area contributed by atoms with Gasteiger partial charge in [0.2, 0.25) is 10.0 Å². The molecule has 1 aliphatic rings. The first-order chi connectivity index (χ1) is 12.8. The number of aromatic carboxylic acids is 1. The summed E-state index contributed by atoms with van der Waals surface area (Å²) in [6, 6.07) is 9.42. The fourth-order valence-electron chi connectivity index (χ4n) is 3.46. The Balaban J connectivity index is 1.63. The van der Waals surface area contributed by atoms with E-state index in [0.29, 0.717) is 25.7 Å². The molecule has 8 heteroatoms. The van der Waals surface area contributed by atoms with Crippen molar-refractivity contribution in [1.29, 1.82) is 0 Å². The van der Waals surface area contributed by atoms with Gasteiger partial charge in [-0.3, -0.25) is 0 Å². The molecule has 0 atom stereocenters. The fraction of sp³-hybridized carbons (Fsp3) is 0.316. The lowest BCUT2D eigenvalue weighted by atomic mass is 9.81. The number of hydrogen-bond donors (Lipinski definition) is 4. The number of carbonyl (C=O) groups is 1. The Morgan fingerprint density at radius 2 is 1.59 bits per heavy atom. The minimum Gasteiger partial charge on any atom is -0.508 e. The van der Waals surface area contributed by atoms with Crippen LogP contribution in [0.1, 0.15) is 47.5 Å². The minimum absolute atomic E-state index is 0.00612. The Hall–Kier alpha value is -2.58. The Kier molecular flexibility index (Phi) is 5.38. The number of carboxylic acids is 1. The first-order valence-electron chi connectivity index (χ1n) is 8.64. The lowest BCUT2D eigenvalue weighted by molar-refractivity contribution is 0.0696. The van der Waals surface area contributed by atoms with Gasteiger partial charge in [-0.15, -0.1) is 0 Å². The Bertz CT molecular complexity index is 931. The molecule has 144 valence electrons. The second kappa shape index (κ2) is 7.58. The number of phenols is 2. The second-order valence-corrected chi connectivity index (χ2v) is 8.46. The van der Waals surface area contributed by atoms with Crippen LogP contribution in [0.15, 0.2) is 47.4 Å². The number of aromatic hydroxyl groups is 2. The summed E-state index contributed by atoms with van der Waals surface area (Å²) in [5.41, 5.74) is 0.793. The van der Waals surface area contributed by atoms with E-state index in [4.69, 9.17) is 5.11 Å². The van der Waals surface area contributed by atoms with E-state index in [-0.39, 0.29) is 33.9 Å². The molecule has 2 aromatic carbocycles. The van der Waals surface area contributed by atoms with E-state index in [1.54, 1.807) is 6.07 Å². The highest BCUT2D eigenvalue weighted by Gasteiger charge is 2.27. The van der Waals surface area contributed by atoms with Crippen molar-refractivity contribution in [2.24, 2.45) is 0 Å². The number of carboxylic acid groups (broad SMARTS) is 1. The molecule has 4 N–H and O–H groups in total. The zero-order valence-corrected chi connectivity index (χ0v) is 15.3. The third-order valence-electron chi connectivity index (χ3n) is 4.91. The van der Waals surface area contributed by atoms with E-state index in [2.05, 4.69) is 4.72 Å². The number of phenolic OH excluding ortho intramolecular Hbond substituents is 2. The Morgan fingerprint density at radius 1 is 0.963 bits per heavy atom. The predicted octanol–water partition coefficient (Wildman–Crippen LogP) is 2.80. The van der Waals surface area contributed by atoms with Gasteiger partial charge in [-0.2, -0.15) is 0 Å². The van der Waals surface area contributed by atoms with Crippen LogP contribution < -0.4 is 4.72 Å². The molecule has 0 saturated heterocycles. The summed E-state index contributed by atoms with van der Waals surface area (Å²) in [5, 5.41) is 28.3. The maximum atomic E-state index is 12.5. The van der Waals surface area contributed by atoms with Crippen molar-refractivity contribution in [3.05, 3.63) is 53.6 Å². The summed E-state index contributed by atoms with van der Waals surface area (Å²) < 4.78 is 27.7. The van der Waals surface area contributed by atoms with E-state index in [1.165, 1.54) is 36.4 Å². The monoisotopic (exact) mass is 391 g/mol.